The van der Waals surface area contributed by atoms with E-state index in [2.05, 4.69) is 5.32 Å². The molecule has 0 unspecified atom stereocenters. The maximum atomic E-state index is 10.6. The first kappa shape index (κ1) is 12.8. The molecule has 0 heterocycles. The Kier molecular flexibility index (Phi) is 5.65. The second-order valence-electron chi connectivity index (χ2n) is 3.55. The topological polar surface area (TPSA) is 29.1 Å². The van der Waals surface area contributed by atoms with E-state index in [0.29, 0.717) is 12.4 Å². The largest absolute Gasteiger partial charge is 0.356 e. The normalized spacial score (nSPS) is 10.6. The molecule has 3 heteroatoms. The summed E-state index contributed by atoms with van der Waals surface area (Å²) in [6.45, 7) is 2.21. The number of hydrogen-bond acceptors (Lipinski definition) is 1. The summed E-state index contributed by atoms with van der Waals surface area (Å²) in [5.74, 6) is 0.562. The first-order chi connectivity index (χ1) is 7.72. The summed E-state index contributed by atoms with van der Waals surface area (Å²) < 4.78 is 0. The van der Waals surface area contributed by atoms with Crippen LogP contribution in [-0.2, 0) is 10.7 Å². The SMILES string of the molecule is CC(=O)NCCC=Cc1ccc(CCl)cc1. The number of alkyl halides is 1. The molecule has 0 bridgehead atoms. The maximum absolute atomic E-state index is 10.6. The molecule has 0 aliphatic heterocycles. The minimum absolute atomic E-state index is 0.0138. The van der Waals surface area contributed by atoms with Crippen LogP contribution in [0, 0.1) is 0 Å². The minimum Gasteiger partial charge on any atom is -0.356 e. The van der Waals surface area contributed by atoms with Gasteiger partial charge in [-0.25, -0.2) is 0 Å². The van der Waals surface area contributed by atoms with Gasteiger partial charge in [-0.1, -0.05) is 36.4 Å². The number of hydrogen-bond donors (Lipinski definition) is 1. The second kappa shape index (κ2) is 7.07. The number of carbonyl (C=O) groups excluding carboxylic acids is 1. The molecule has 2 nitrogen and oxygen atoms in total. The van der Waals surface area contributed by atoms with Crippen LogP contribution in [0.15, 0.2) is 30.3 Å². The molecule has 0 atom stereocenters. The van der Waals surface area contributed by atoms with Gasteiger partial charge in [0.2, 0.25) is 5.91 Å². The number of benzene rings is 1. The van der Waals surface area contributed by atoms with Crippen molar-refractivity contribution in [1.29, 1.82) is 0 Å². The monoisotopic (exact) mass is 237 g/mol. The molecule has 0 saturated carbocycles. The van der Waals surface area contributed by atoms with Crippen LogP contribution in [0.4, 0.5) is 0 Å². The summed E-state index contributed by atoms with van der Waals surface area (Å²) >= 11 is 5.70. The first-order valence-electron chi connectivity index (χ1n) is 5.28. The van der Waals surface area contributed by atoms with E-state index in [4.69, 9.17) is 11.6 Å². The predicted molar refractivity (Wildman–Crippen MR) is 68.3 cm³/mol. The molecule has 16 heavy (non-hydrogen) atoms. The first-order valence-corrected chi connectivity index (χ1v) is 5.81. The molecule has 0 aromatic heterocycles. The molecular formula is C13H16ClNO. The Morgan fingerprint density at radius 2 is 2.06 bits per heavy atom. The molecule has 0 aliphatic carbocycles. The quantitative estimate of drug-likeness (QED) is 0.619. The number of nitrogens with one attached hydrogen (secondary N) is 1. The highest BCUT2D eigenvalue weighted by atomic mass is 35.5. The van der Waals surface area contributed by atoms with Crippen LogP contribution in [0.25, 0.3) is 6.08 Å². The summed E-state index contributed by atoms with van der Waals surface area (Å²) in [4.78, 5) is 10.6. The zero-order valence-electron chi connectivity index (χ0n) is 9.37. The Balaban J connectivity index is 2.35. The second-order valence-corrected chi connectivity index (χ2v) is 3.82. The van der Waals surface area contributed by atoms with Gasteiger partial charge in [-0.05, 0) is 17.5 Å². The zero-order valence-corrected chi connectivity index (χ0v) is 10.1. The van der Waals surface area contributed by atoms with Crippen molar-refractivity contribution in [2.24, 2.45) is 0 Å². The van der Waals surface area contributed by atoms with Gasteiger partial charge in [0.15, 0.2) is 0 Å². The van der Waals surface area contributed by atoms with Crippen LogP contribution in [0.2, 0.25) is 0 Å². The van der Waals surface area contributed by atoms with Crippen LogP contribution in [0.1, 0.15) is 24.5 Å². The zero-order chi connectivity index (χ0) is 11.8. The molecule has 0 fully saturated rings. The number of halogens is 1. The minimum atomic E-state index is 0.0138. The standard InChI is InChI=1S/C13H16ClNO/c1-11(16)15-9-3-2-4-12-5-7-13(10-14)8-6-12/h2,4-8H,3,9-10H2,1H3,(H,15,16). The molecule has 1 aromatic rings. The molecule has 0 radical (unpaired) electrons. The van der Waals surface area contributed by atoms with E-state index in [-0.39, 0.29) is 5.91 Å². The van der Waals surface area contributed by atoms with Gasteiger partial charge < -0.3 is 5.32 Å². The Morgan fingerprint density at radius 3 is 2.62 bits per heavy atom. The molecule has 1 rings (SSSR count). The smallest absolute Gasteiger partial charge is 0.216 e. The molecule has 86 valence electrons. The number of carbonyl (C=O) groups is 1. The van der Waals surface area contributed by atoms with Gasteiger partial charge in [0.05, 0.1) is 0 Å². The highest BCUT2D eigenvalue weighted by Crippen LogP contribution is 2.08. The van der Waals surface area contributed by atoms with E-state index in [1.54, 1.807) is 0 Å². The fourth-order valence-electron chi connectivity index (χ4n) is 1.27. The fourth-order valence-corrected chi connectivity index (χ4v) is 1.45. The van der Waals surface area contributed by atoms with Crippen molar-refractivity contribution in [2.45, 2.75) is 19.2 Å². The summed E-state index contributed by atoms with van der Waals surface area (Å²) in [5.41, 5.74) is 2.27. The van der Waals surface area contributed by atoms with Crippen LogP contribution in [-0.4, -0.2) is 12.5 Å². The Bertz CT molecular complexity index is 357. The Morgan fingerprint density at radius 1 is 1.38 bits per heavy atom. The van der Waals surface area contributed by atoms with Gasteiger partial charge >= 0.3 is 0 Å². The average molecular weight is 238 g/mol. The third kappa shape index (κ3) is 4.99. The highest BCUT2D eigenvalue weighted by molar-refractivity contribution is 6.17. The van der Waals surface area contributed by atoms with Crippen LogP contribution in [0.3, 0.4) is 0 Å². The maximum Gasteiger partial charge on any atom is 0.216 e. The summed E-state index contributed by atoms with van der Waals surface area (Å²) in [6.07, 6.45) is 4.93. The summed E-state index contributed by atoms with van der Waals surface area (Å²) in [6, 6.07) is 8.10. The van der Waals surface area contributed by atoms with Crippen molar-refractivity contribution < 1.29 is 4.79 Å². The molecule has 0 spiro atoms. The van der Waals surface area contributed by atoms with Gasteiger partial charge in [0.1, 0.15) is 0 Å². The average Bonchev–Trinajstić information content (AvgIpc) is 2.29. The number of rotatable bonds is 5. The van der Waals surface area contributed by atoms with Crippen molar-refractivity contribution in [2.75, 3.05) is 6.54 Å². The van der Waals surface area contributed by atoms with Crippen molar-refractivity contribution in [3.05, 3.63) is 41.5 Å². The lowest BCUT2D eigenvalue weighted by Gasteiger charge is -1.98. The third-order valence-corrected chi connectivity index (χ3v) is 2.44. The van der Waals surface area contributed by atoms with Crippen LogP contribution < -0.4 is 5.32 Å². The predicted octanol–water partition coefficient (Wildman–Crippen LogP) is 2.96. The van der Waals surface area contributed by atoms with Crippen LogP contribution >= 0.6 is 11.6 Å². The molecule has 0 aliphatic rings. The van der Waals surface area contributed by atoms with Gasteiger partial charge in [-0.3, -0.25) is 4.79 Å². The lowest BCUT2D eigenvalue weighted by molar-refractivity contribution is -0.118. The van der Waals surface area contributed by atoms with Crippen LogP contribution in [0.5, 0.6) is 0 Å². The van der Waals surface area contributed by atoms with Crippen molar-refractivity contribution >= 4 is 23.6 Å². The van der Waals surface area contributed by atoms with Gasteiger partial charge in [-0.15, -0.1) is 11.6 Å². The molecule has 1 aromatic carbocycles. The van der Waals surface area contributed by atoms with Crippen molar-refractivity contribution in [3.63, 3.8) is 0 Å². The van der Waals surface area contributed by atoms with Gasteiger partial charge in [0.25, 0.3) is 0 Å². The lowest BCUT2D eigenvalue weighted by Crippen LogP contribution is -2.20. The third-order valence-electron chi connectivity index (χ3n) is 2.13. The summed E-state index contributed by atoms with van der Waals surface area (Å²) in [5, 5.41) is 2.74. The van der Waals surface area contributed by atoms with E-state index in [1.807, 2.05) is 36.4 Å². The number of amides is 1. The molecule has 1 N–H and O–H groups in total. The molecule has 1 amide bonds. The molecule has 0 saturated heterocycles. The van der Waals surface area contributed by atoms with Crippen molar-refractivity contribution in [1.82, 2.24) is 5.32 Å². The Hall–Kier alpha value is -1.28. The van der Waals surface area contributed by atoms with E-state index >= 15 is 0 Å². The highest BCUT2D eigenvalue weighted by Gasteiger charge is 1.90. The van der Waals surface area contributed by atoms with E-state index in [0.717, 1.165) is 17.5 Å². The van der Waals surface area contributed by atoms with E-state index in [1.165, 1.54) is 6.92 Å². The fraction of sp³-hybridized carbons (Fsp3) is 0.308. The van der Waals surface area contributed by atoms with Gasteiger partial charge in [0, 0.05) is 19.3 Å². The van der Waals surface area contributed by atoms with E-state index < -0.39 is 0 Å². The lowest BCUT2D eigenvalue weighted by atomic mass is 10.1. The molecular weight excluding hydrogens is 222 g/mol. The summed E-state index contributed by atoms with van der Waals surface area (Å²) in [7, 11) is 0. The van der Waals surface area contributed by atoms with Gasteiger partial charge in [-0.2, -0.15) is 0 Å². The van der Waals surface area contributed by atoms with Crippen molar-refractivity contribution in [3.8, 4) is 0 Å². The Labute approximate surface area is 101 Å². The van der Waals surface area contributed by atoms with E-state index in [9.17, 15) is 4.79 Å².